The number of rotatable bonds is 5. The van der Waals surface area contributed by atoms with Gasteiger partial charge in [-0.1, -0.05) is 6.07 Å². The number of aromatic nitrogens is 1. The Kier molecular flexibility index (Phi) is 4.18. The first-order chi connectivity index (χ1) is 8.97. The molecule has 1 aromatic carbocycles. The second kappa shape index (κ2) is 5.68. The van der Waals surface area contributed by atoms with E-state index in [0.717, 1.165) is 10.7 Å². The maximum absolute atomic E-state index is 12.0. The zero-order valence-corrected chi connectivity index (χ0v) is 12.1. The molecule has 0 aliphatic carbocycles. The molecular formula is C12H15N3O2S2. The minimum absolute atomic E-state index is 0.183. The minimum Gasteiger partial charge on any atom is -0.399 e. The number of benzene rings is 1. The molecule has 0 aliphatic rings. The molecule has 2 rings (SSSR count). The fourth-order valence-corrected chi connectivity index (χ4v) is 3.44. The summed E-state index contributed by atoms with van der Waals surface area (Å²) < 4.78 is 26.5. The predicted octanol–water partition coefficient (Wildman–Crippen LogP) is 1.55. The zero-order chi connectivity index (χ0) is 13.9. The van der Waals surface area contributed by atoms with Gasteiger partial charge in [0.15, 0.2) is 0 Å². The van der Waals surface area contributed by atoms with Crippen LogP contribution in [0.1, 0.15) is 10.7 Å². The molecule has 0 saturated heterocycles. The van der Waals surface area contributed by atoms with Crippen LogP contribution >= 0.6 is 11.3 Å². The van der Waals surface area contributed by atoms with E-state index in [-0.39, 0.29) is 4.90 Å². The lowest BCUT2D eigenvalue weighted by Crippen LogP contribution is -2.26. The van der Waals surface area contributed by atoms with Crippen LogP contribution < -0.4 is 10.5 Å². The van der Waals surface area contributed by atoms with Gasteiger partial charge in [-0.15, -0.1) is 11.3 Å². The molecule has 0 radical (unpaired) electrons. The summed E-state index contributed by atoms with van der Waals surface area (Å²) in [5.41, 5.74) is 6.96. The molecule has 1 aromatic heterocycles. The maximum atomic E-state index is 12.0. The van der Waals surface area contributed by atoms with E-state index in [4.69, 9.17) is 5.73 Å². The van der Waals surface area contributed by atoms with E-state index in [2.05, 4.69) is 9.71 Å². The van der Waals surface area contributed by atoms with Crippen LogP contribution in [0.2, 0.25) is 0 Å². The molecule has 0 amide bonds. The number of nitrogens with one attached hydrogen (secondary N) is 1. The van der Waals surface area contributed by atoms with Gasteiger partial charge in [-0.05, 0) is 25.1 Å². The number of nitrogens with two attached hydrogens (primary N) is 1. The van der Waals surface area contributed by atoms with Gasteiger partial charge in [0.25, 0.3) is 0 Å². The van der Waals surface area contributed by atoms with Crippen LogP contribution in [0, 0.1) is 6.92 Å². The molecule has 0 unspecified atom stereocenters. The van der Waals surface area contributed by atoms with Gasteiger partial charge >= 0.3 is 0 Å². The van der Waals surface area contributed by atoms with Crippen molar-refractivity contribution in [1.82, 2.24) is 9.71 Å². The van der Waals surface area contributed by atoms with E-state index in [0.29, 0.717) is 18.7 Å². The Morgan fingerprint density at radius 3 is 2.84 bits per heavy atom. The summed E-state index contributed by atoms with van der Waals surface area (Å²) >= 11 is 1.53. The summed E-state index contributed by atoms with van der Waals surface area (Å²) in [4.78, 5) is 4.46. The number of hydrogen-bond acceptors (Lipinski definition) is 5. The second-order valence-corrected chi connectivity index (χ2v) is 6.81. The fraction of sp³-hybridized carbons (Fsp3) is 0.250. The summed E-state index contributed by atoms with van der Waals surface area (Å²) in [5, 5.41) is 2.87. The normalized spacial score (nSPS) is 11.6. The Balaban J connectivity index is 1.98. The van der Waals surface area contributed by atoms with Gasteiger partial charge in [0.1, 0.15) is 0 Å². The molecule has 19 heavy (non-hydrogen) atoms. The number of nitrogen functional groups attached to an aromatic ring is 1. The van der Waals surface area contributed by atoms with Crippen molar-refractivity contribution in [2.45, 2.75) is 18.2 Å². The van der Waals surface area contributed by atoms with Crippen molar-refractivity contribution >= 4 is 27.0 Å². The molecule has 102 valence electrons. The van der Waals surface area contributed by atoms with Gasteiger partial charge < -0.3 is 5.73 Å². The lowest BCUT2D eigenvalue weighted by Gasteiger charge is -2.06. The molecule has 0 saturated carbocycles. The fourth-order valence-electron chi connectivity index (χ4n) is 1.57. The summed E-state index contributed by atoms with van der Waals surface area (Å²) in [6.07, 6.45) is 0.583. The van der Waals surface area contributed by atoms with Crippen LogP contribution in [0.4, 0.5) is 5.69 Å². The Labute approximate surface area is 116 Å². The van der Waals surface area contributed by atoms with Gasteiger partial charge in [-0.25, -0.2) is 18.1 Å². The van der Waals surface area contributed by atoms with Gasteiger partial charge in [0, 0.05) is 29.7 Å². The molecular weight excluding hydrogens is 282 g/mol. The Hall–Kier alpha value is -1.44. The smallest absolute Gasteiger partial charge is 0.240 e. The van der Waals surface area contributed by atoms with Gasteiger partial charge in [0.05, 0.1) is 9.90 Å². The van der Waals surface area contributed by atoms with Crippen molar-refractivity contribution in [3.8, 4) is 0 Å². The Bertz CT molecular complexity index is 665. The number of aryl methyl sites for hydroxylation is 1. The topological polar surface area (TPSA) is 85.1 Å². The van der Waals surface area contributed by atoms with Crippen molar-refractivity contribution in [3.05, 3.63) is 40.3 Å². The molecule has 0 aliphatic heterocycles. The van der Waals surface area contributed by atoms with Crippen LogP contribution in [0.15, 0.2) is 34.5 Å². The van der Waals surface area contributed by atoms with E-state index in [1.807, 2.05) is 12.3 Å². The first-order valence-corrected chi connectivity index (χ1v) is 8.10. The summed E-state index contributed by atoms with van der Waals surface area (Å²) in [6.45, 7) is 2.24. The van der Waals surface area contributed by atoms with Crippen LogP contribution in [0.25, 0.3) is 0 Å². The monoisotopic (exact) mass is 297 g/mol. The largest absolute Gasteiger partial charge is 0.399 e. The average Bonchev–Trinajstić information content (AvgIpc) is 2.75. The average molecular weight is 297 g/mol. The highest BCUT2D eigenvalue weighted by Gasteiger charge is 2.13. The third-order valence-corrected chi connectivity index (χ3v) is 4.95. The van der Waals surface area contributed by atoms with E-state index in [1.54, 1.807) is 12.1 Å². The molecule has 0 bridgehead atoms. The first-order valence-electron chi connectivity index (χ1n) is 5.73. The molecule has 2 aromatic rings. The lowest BCUT2D eigenvalue weighted by atomic mass is 10.3. The van der Waals surface area contributed by atoms with Crippen LogP contribution in [0.3, 0.4) is 0 Å². The number of nitrogens with zero attached hydrogens (tertiary/aromatic N) is 1. The van der Waals surface area contributed by atoms with Crippen LogP contribution in [0.5, 0.6) is 0 Å². The molecule has 0 fully saturated rings. The molecule has 3 N–H and O–H groups in total. The highest BCUT2D eigenvalue weighted by Crippen LogP contribution is 2.13. The standard InChI is InChI=1S/C12H15N3O2S2/c1-9-8-18-12(15-9)5-6-14-19(16,17)11-4-2-3-10(13)7-11/h2-4,7-8,14H,5-6,13H2,1H3. The second-order valence-electron chi connectivity index (χ2n) is 4.10. The molecule has 0 atom stereocenters. The third kappa shape index (κ3) is 3.76. The SMILES string of the molecule is Cc1csc(CCNS(=O)(=O)c2cccc(N)c2)n1. The van der Waals surface area contributed by atoms with Crippen LogP contribution in [-0.4, -0.2) is 19.9 Å². The predicted molar refractivity (Wildman–Crippen MR) is 76.6 cm³/mol. The first kappa shape index (κ1) is 14.0. The van der Waals surface area contributed by atoms with Crippen molar-refractivity contribution in [3.63, 3.8) is 0 Å². The van der Waals surface area contributed by atoms with E-state index < -0.39 is 10.0 Å². The summed E-state index contributed by atoms with van der Waals surface area (Å²) in [7, 11) is -3.50. The van der Waals surface area contributed by atoms with E-state index in [9.17, 15) is 8.42 Å². The highest BCUT2D eigenvalue weighted by molar-refractivity contribution is 7.89. The number of anilines is 1. The quantitative estimate of drug-likeness (QED) is 0.820. The van der Waals surface area contributed by atoms with Gasteiger partial charge in [0.2, 0.25) is 10.0 Å². The number of thiazole rings is 1. The molecule has 5 nitrogen and oxygen atoms in total. The molecule has 7 heteroatoms. The molecule has 1 heterocycles. The van der Waals surface area contributed by atoms with E-state index in [1.165, 1.54) is 23.5 Å². The van der Waals surface area contributed by atoms with Crippen molar-refractivity contribution in [1.29, 1.82) is 0 Å². The van der Waals surface area contributed by atoms with Crippen molar-refractivity contribution < 1.29 is 8.42 Å². The van der Waals surface area contributed by atoms with Gasteiger partial charge in [-0.2, -0.15) is 0 Å². The van der Waals surface area contributed by atoms with Crippen LogP contribution in [-0.2, 0) is 16.4 Å². The molecule has 0 spiro atoms. The summed E-state index contributed by atoms with van der Waals surface area (Å²) in [6, 6.07) is 6.23. The van der Waals surface area contributed by atoms with Crippen molar-refractivity contribution in [2.24, 2.45) is 0 Å². The zero-order valence-electron chi connectivity index (χ0n) is 10.5. The third-order valence-electron chi connectivity index (χ3n) is 2.47. The Morgan fingerprint density at radius 1 is 1.42 bits per heavy atom. The van der Waals surface area contributed by atoms with Gasteiger partial charge in [-0.3, -0.25) is 0 Å². The highest BCUT2D eigenvalue weighted by atomic mass is 32.2. The number of hydrogen-bond donors (Lipinski definition) is 2. The lowest BCUT2D eigenvalue weighted by molar-refractivity contribution is 0.581. The number of sulfonamides is 1. The minimum atomic E-state index is -3.50. The van der Waals surface area contributed by atoms with Crippen molar-refractivity contribution in [2.75, 3.05) is 12.3 Å². The van der Waals surface area contributed by atoms with E-state index >= 15 is 0 Å². The Morgan fingerprint density at radius 2 is 2.21 bits per heavy atom. The maximum Gasteiger partial charge on any atom is 0.240 e. The summed E-state index contributed by atoms with van der Waals surface area (Å²) in [5.74, 6) is 0.